The highest BCUT2D eigenvalue weighted by molar-refractivity contribution is 8.32. The molecule has 186 valence electrons. The van der Waals surface area contributed by atoms with Crippen LogP contribution in [0, 0.1) is 5.82 Å². The molecule has 1 aromatic heterocycles. The summed E-state index contributed by atoms with van der Waals surface area (Å²) in [4.78, 5) is 42.6. The van der Waals surface area contributed by atoms with Gasteiger partial charge in [0.05, 0.1) is 18.6 Å². The number of halogens is 1. The van der Waals surface area contributed by atoms with E-state index in [-0.39, 0.29) is 12.2 Å². The summed E-state index contributed by atoms with van der Waals surface area (Å²) >= 11 is 0. The van der Waals surface area contributed by atoms with E-state index < -0.39 is 39.3 Å². The molecule has 0 saturated heterocycles. The normalized spacial score (nSPS) is 12.6. The minimum absolute atomic E-state index is 0.0149. The first-order valence-electron chi connectivity index (χ1n) is 10.7. The van der Waals surface area contributed by atoms with E-state index in [1.807, 2.05) is 18.8 Å². The molecule has 0 bridgehead atoms. The quantitative estimate of drug-likeness (QED) is 0.470. The van der Waals surface area contributed by atoms with Crippen molar-refractivity contribution in [2.24, 2.45) is 0 Å². The maximum atomic E-state index is 14.8. The molecular weight excluding hydrogens is 471 g/mol. The summed E-state index contributed by atoms with van der Waals surface area (Å²) < 4.78 is 21.0. The smallest absolute Gasteiger partial charge is 0.253 e. The molecule has 2 aromatic carbocycles. The zero-order valence-corrected chi connectivity index (χ0v) is 20.9. The van der Waals surface area contributed by atoms with E-state index in [4.69, 9.17) is 4.74 Å². The molecule has 1 unspecified atom stereocenters. The van der Waals surface area contributed by atoms with Crippen LogP contribution >= 0.6 is 10.0 Å². The first-order valence-corrected chi connectivity index (χ1v) is 13.6. The number of nitrogens with one attached hydrogen (secondary N) is 2. The van der Waals surface area contributed by atoms with Crippen LogP contribution in [0.4, 0.5) is 10.1 Å². The van der Waals surface area contributed by atoms with Gasteiger partial charge >= 0.3 is 0 Å². The Morgan fingerprint density at radius 3 is 2.43 bits per heavy atom. The molecule has 0 aliphatic heterocycles. The maximum Gasteiger partial charge on any atom is 0.253 e. The molecule has 0 fully saturated rings. The molecule has 10 heteroatoms. The third kappa shape index (κ3) is 7.00. The van der Waals surface area contributed by atoms with Crippen LogP contribution in [0.3, 0.4) is 0 Å². The predicted octanol–water partition coefficient (Wildman–Crippen LogP) is 3.08. The third-order valence-electron chi connectivity index (χ3n) is 5.20. The average molecular weight is 501 g/mol. The lowest BCUT2D eigenvalue weighted by atomic mass is 10.0. The molecule has 35 heavy (non-hydrogen) atoms. The number of hydrogen-bond acceptors (Lipinski definition) is 5. The Morgan fingerprint density at radius 2 is 1.83 bits per heavy atom. The van der Waals surface area contributed by atoms with Crippen molar-refractivity contribution in [1.82, 2.24) is 14.9 Å². The van der Waals surface area contributed by atoms with Gasteiger partial charge in [0.25, 0.3) is 11.5 Å². The van der Waals surface area contributed by atoms with Crippen molar-refractivity contribution in [1.29, 1.82) is 0 Å². The lowest BCUT2D eigenvalue weighted by molar-refractivity contribution is -0.127. The number of anilines is 1. The number of amides is 2. The minimum Gasteiger partial charge on any atom is -0.380 e. The summed E-state index contributed by atoms with van der Waals surface area (Å²) in [7, 11) is 0.434. The fourth-order valence-corrected chi connectivity index (χ4v) is 4.25. The van der Waals surface area contributed by atoms with Crippen molar-refractivity contribution in [3.8, 4) is 0 Å². The van der Waals surface area contributed by atoms with Gasteiger partial charge in [-0.2, -0.15) is 0 Å². The van der Waals surface area contributed by atoms with Crippen molar-refractivity contribution in [2.75, 3.05) is 31.2 Å². The van der Waals surface area contributed by atoms with Crippen LogP contribution < -0.4 is 16.2 Å². The van der Waals surface area contributed by atoms with E-state index in [9.17, 15) is 18.8 Å². The van der Waals surface area contributed by atoms with Gasteiger partial charge in [-0.25, -0.2) is 19.4 Å². The zero-order chi connectivity index (χ0) is 25.6. The van der Waals surface area contributed by atoms with E-state index in [0.717, 1.165) is 15.0 Å². The average Bonchev–Trinajstić information content (AvgIpc) is 2.80. The van der Waals surface area contributed by atoms with Crippen molar-refractivity contribution < 1.29 is 18.7 Å². The number of carbonyl (C=O) groups excluding carboxylic acids is 2. The first-order chi connectivity index (χ1) is 16.6. The van der Waals surface area contributed by atoms with Crippen LogP contribution in [0.5, 0.6) is 0 Å². The molecule has 2 N–H and O–H groups in total. The lowest BCUT2D eigenvalue weighted by Crippen LogP contribution is -2.40. The predicted molar refractivity (Wildman–Crippen MR) is 135 cm³/mol. The van der Waals surface area contributed by atoms with Gasteiger partial charge < -0.3 is 15.4 Å². The van der Waals surface area contributed by atoms with Gasteiger partial charge in [0.2, 0.25) is 5.91 Å². The molecule has 0 saturated carbocycles. The summed E-state index contributed by atoms with van der Waals surface area (Å²) in [5.41, 5.74) is 0.990. The maximum absolute atomic E-state index is 14.8. The van der Waals surface area contributed by atoms with Gasteiger partial charge in [-0.15, -0.1) is 0 Å². The third-order valence-corrected chi connectivity index (χ3v) is 6.87. The molecular formula is C25H29FN4O4S. The molecule has 0 spiro atoms. The standard InChI is InChI=1S/C25H29FN4O4S/c1-34-15-17-5-7-18(8-6-17)24(29-22(31)14-30-16-27-12-11-23(30)32)25(33)28-21-10-9-19(13-20(21)26)35(2,3)4/h5-13,16,24H,14-15H2,1-4H3,(H,28,33)(H,29,31). The van der Waals surface area contributed by atoms with E-state index >= 15 is 0 Å². The second kappa shape index (κ2) is 11.3. The highest BCUT2D eigenvalue weighted by Gasteiger charge is 2.24. The fraction of sp³-hybridized carbons (Fsp3) is 0.280. The Kier molecular flexibility index (Phi) is 8.42. The molecule has 2 amide bonds. The number of benzene rings is 2. The number of ether oxygens (including phenoxy) is 1. The monoisotopic (exact) mass is 500 g/mol. The topological polar surface area (TPSA) is 102 Å². The van der Waals surface area contributed by atoms with E-state index in [2.05, 4.69) is 15.6 Å². The summed E-state index contributed by atoms with van der Waals surface area (Å²) in [6, 6.07) is 11.8. The number of aromatic nitrogens is 2. The van der Waals surface area contributed by atoms with Crippen LogP contribution in [0.2, 0.25) is 0 Å². The summed E-state index contributed by atoms with van der Waals surface area (Å²) in [5.74, 6) is -1.75. The first kappa shape index (κ1) is 26.1. The number of rotatable bonds is 9. The van der Waals surface area contributed by atoms with Crippen LogP contribution in [0.25, 0.3) is 0 Å². The number of hydrogen-bond donors (Lipinski definition) is 2. The Hall–Kier alpha value is -3.50. The highest BCUT2D eigenvalue weighted by atomic mass is 32.3. The van der Waals surface area contributed by atoms with Crippen LogP contribution in [0.15, 0.2) is 70.7 Å². The van der Waals surface area contributed by atoms with Gasteiger partial charge in [-0.1, -0.05) is 24.3 Å². The van der Waals surface area contributed by atoms with Gasteiger partial charge in [-0.3, -0.25) is 19.0 Å². The van der Waals surface area contributed by atoms with E-state index in [1.165, 1.54) is 30.7 Å². The summed E-state index contributed by atoms with van der Waals surface area (Å²) in [6.07, 6.45) is 8.71. The molecule has 1 atom stereocenters. The highest BCUT2D eigenvalue weighted by Crippen LogP contribution is 2.45. The van der Waals surface area contributed by atoms with Crippen LogP contribution in [-0.4, -0.2) is 47.2 Å². The van der Waals surface area contributed by atoms with Gasteiger partial charge in [-0.05, 0) is 53.0 Å². The lowest BCUT2D eigenvalue weighted by Gasteiger charge is -2.26. The Labute approximate surface area is 204 Å². The molecule has 1 heterocycles. The SMILES string of the molecule is COCc1ccc(C(NC(=O)Cn2cnccc2=O)C(=O)Nc2ccc(S(C)(C)C)cc2F)cc1. The molecule has 0 aliphatic rings. The van der Waals surface area contributed by atoms with Crippen molar-refractivity contribution in [3.05, 3.63) is 88.4 Å². The Bertz CT molecular complexity index is 1260. The number of nitrogens with zero attached hydrogens (tertiary/aromatic N) is 2. The Morgan fingerprint density at radius 1 is 1.11 bits per heavy atom. The van der Waals surface area contributed by atoms with Gasteiger partial charge in [0.15, 0.2) is 0 Å². The summed E-state index contributed by atoms with van der Waals surface area (Å²) in [5, 5.41) is 5.23. The van der Waals surface area contributed by atoms with Crippen molar-refractivity contribution in [2.45, 2.75) is 24.1 Å². The number of methoxy groups -OCH3 is 1. The van der Waals surface area contributed by atoms with Crippen LogP contribution in [0.1, 0.15) is 17.2 Å². The molecule has 0 radical (unpaired) electrons. The van der Waals surface area contributed by atoms with E-state index in [1.54, 1.807) is 37.4 Å². The summed E-state index contributed by atoms with van der Waals surface area (Å²) in [6.45, 7) is 0.0659. The van der Waals surface area contributed by atoms with Gasteiger partial charge in [0, 0.05) is 19.4 Å². The molecule has 0 aliphatic carbocycles. The fourth-order valence-electron chi connectivity index (χ4n) is 3.31. The van der Waals surface area contributed by atoms with Gasteiger partial charge in [0.1, 0.15) is 18.4 Å². The molecule has 3 rings (SSSR count). The van der Waals surface area contributed by atoms with Crippen LogP contribution in [-0.2, 0) is 27.5 Å². The minimum atomic E-state index is -1.14. The molecule has 8 nitrogen and oxygen atoms in total. The zero-order valence-electron chi connectivity index (χ0n) is 20.1. The van der Waals surface area contributed by atoms with Crippen molar-refractivity contribution >= 4 is 27.5 Å². The molecule has 3 aromatic rings. The van der Waals surface area contributed by atoms with E-state index in [0.29, 0.717) is 12.2 Å². The second-order valence-corrected chi connectivity index (χ2v) is 12.8. The van der Waals surface area contributed by atoms with Crippen molar-refractivity contribution in [3.63, 3.8) is 0 Å². The second-order valence-electron chi connectivity index (χ2n) is 8.69. The largest absolute Gasteiger partial charge is 0.380 e. The number of carbonyl (C=O) groups is 2. The Balaban J connectivity index is 1.85.